The highest BCUT2D eigenvalue weighted by Gasteiger charge is 2.62. The molecule has 0 radical (unpaired) electrons. The number of carboxylic acids is 1. The minimum Gasteiger partial charge on any atom is -0.481 e. The summed E-state index contributed by atoms with van der Waals surface area (Å²) in [4.78, 5) is 23.5. The lowest BCUT2D eigenvalue weighted by Gasteiger charge is -2.29. The summed E-state index contributed by atoms with van der Waals surface area (Å²) in [6.45, 7) is 1.46. The maximum atomic E-state index is 11.0. The van der Waals surface area contributed by atoms with Crippen LogP contribution in [0.4, 0.5) is 0 Å². The molecule has 1 saturated carbocycles. The fourth-order valence-electron chi connectivity index (χ4n) is 2.45. The summed E-state index contributed by atoms with van der Waals surface area (Å²) in [5.74, 6) is -0.787. The number of fused-ring (bicyclic) bond motifs is 1. The van der Waals surface area contributed by atoms with Crippen molar-refractivity contribution in [1.29, 1.82) is 0 Å². The van der Waals surface area contributed by atoms with Gasteiger partial charge in [0, 0.05) is 6.54 Å². The molecule has 5 nitrogen and oxygen atoms in total. The zero-order chi connectivity index (χ0) is 10.3. The standard InChI is InChI=1S/C9H14N2O3/c10-7(12)4-11-2-1-6-3-9(6,5-11)8(13)14/h6H,1-5H2,(H2,10,12)(H,13,14). The fraction of sp³-hybridized carbons (Fsp3) is 0.778. The molecular formula is C9H14N2O3. The molecule has 0 bridgehead atoms. The minimum absolute atomic E-state index is 0.182. The predicted molar refractivity (Wildman–Crippen MR) is 48.4 cm³/mol. The summed E-state index contributed by atoms with van der Waals surface area (Å²) in [5, 5.41) is 9.05. The maximum absolute atomic E-state index is 11.0. The largest absolute Gasteiger partial charge is 0.481 e. The fourth-order valence-corrected chi connectivity index (χ4v) is 2.45. The molecule has 1 amide bonds. The van der Waals surface area contributed by atoms with Gasteiger partial charge in [-0.3, -0.25) is 14.5 Å². The van der Waals surface area contributed by atoms with Crippen molar-refractivity contribution in [3.05, 3.63) is 0 Å². The maximum Gasteiger partial charge on any atom is 0.311 e. The van der Waals surface area contributed by atoms with Gasteiger partial charge in [-0.05, 0) is 25.3 Å². The number of nitrogens with two attached hydrogens (primary N) is 1. The highest BCUT2D eigenvalue weighted by Crippen LogP contribution is 2.57. The Morgan fingerprint density at radius 2 is 2.29 bits per heavy atom. The first-order chi connectivity index (χ1) is 6.54. The number of hydrogen-bond acceptors (Lipinski definition) is 3. The second-order valence-corrected chi connectivity index (χ2v) is 4.33. The van der Waals surface area contributed by atoms with Crippen LogP contribution in [0.15, 0.2) is 0 Å². The van der Waals surface area contributed by atoms with E-state index < -0.39 is 11.4 Å². The lowest BCUT2D eigenvalue weighted by atomic mass is 9.97. The summed E-state index contributed by atoms with van der Waals surface area (Å²) in [5.41, 5.74) is 4.51. The number of hydrogen-bond donors (Lipinski definition) is 2. The molecule has 2 rings (SSSR count). The monoisotopic (exact) mass is 198 g/mol. The van der Waals surface area contributed by atoms with E-state index in [9.17, 15) is 9.59 Å². The average Bonchev–Trinajstić information content (AvgIpc) is 2.77. The number of piperidine rings is 1. The zero-order valence-corrected chi connectivity index (χ0v) is 7.90. The van der Waals surface area contributed by atoms with Gasteiger partial charge in [0.15, 0.2) is 0 Å². The summed E-state index contributed by atoms with van der Waals surface area (Å²) in [6, 6.07) is 0. The summed E-state index contributed by atoms with van der Waals surface area (Å²) >= 11 is 0. The molecule has 5 heteroatoms. The van der Waals surface area contributed by atoms with E-state index in [1.165, 1.54) is 0 Å². The van der Waals surface area contributed by atoms with Crippen LogP contribution < -0.4 is 5.73 Å². The second-order valence-electron chi connectivity index (χ2n) is 4.33. The third-order valence-electron chi connectivity index (χ3n) is 3.34. The minimum atomic E-state index is -0.725. The zero-order valence-electron chi connectivity index (χ0n) is 7.90. The molecule has 0 aromatic carbocycles. The molecule has 2 fully saturated rings. The van der Waals surface area contributed by atoms with E-state index in [1.807, 2.05) is 4.90 Å². The van der Waals surface area contributed by atoms with Crippen molar-refractivity contribution in [2.24, 2.45) is 17.1 Å². The van der Waals surface area contributed by atoms with Crippen LogP contribution in [0.25, 0.3) is 0 Å². The van der Waals surface area contributed by atoms with Gasteiger partial charge in [-0.15, -0.1) is 0 Å². The third-order valence-corrected chi connectivity index (χ3v) is 3.34. The lowest BCUT2D eigenvalue weighted by Crippen LogP contribution is -2.44. The Bertz CT molecular complexity index is 292. The van der Waals surface area contributed by atoms with Gasteiger partial charge in [0.2, 0.25) is 5.91 Å². The summed E-state index contributed by atoms with van der Waals surface area (Å²) in [6.07, 6.45) is 1.64. The summed E-state index contributed by atoms with van der Waals surface area (Å²) < 4.78 is 0. The highest BCUT2D eigenvalue weighted by molar-refractivity contribution is 5.80. The molecule has 2 atom stereocenters. The number of amides is 1. The topological polar surface area (TPSA) is 83.6 Å². The Morgan fingerprint density at radius 3 is 2.86 bits per heavy atom. The number of carbonyl (C=O) groups excluding carboxylic acids is 1. The molecule has 1 aliphatic heterocycles. The van der Waals surface area contributed by atoms with Crippen molar-refractivity contribution in [3.8, 4) is 0 Å². The van der Waals surface area contributed by atoms with Crippen LogP contribution in [-0.2, 0) is 9.59 Å². The molecule has 3 N–H and O–H groups in total. The number of nitrogens with zero attached hydrogens (tertiary/aromatic N) is 1. The number of likely N-dealkylation sites (tertiary alicyclic amines) is 1. The third kappa shape index (κ3) is 1.37. The van der Waals surface area contributed by atoms with E-state index in [0.717, 1.165) is 19.4 Å². The Labute approximate surface area is 81.9 Å². The van der Waals surface area contributed by atoms with Gasteiger partial charge >= 0.3 is 5.97 Å². The van der Waals surface area contributed by atoms with Crippen LogP contribution in [0.2, 0.25) is 0 Å². The second kappa shape index (κ2) is 2.95. The van der Waals surface area contributed by atoms with Gasteiger partial charge in [0.1, 0.15) is 0 Å². The van der Waals surface area contributed by atoms with E-state index in [0.29, 0.717) is 12.5 Å². The molecule has 1 aliphatic carbocycles. The van der Waals surface area contributed by atoms with Crippen LogP contribution in [0.3, 0.4) is 0 Å². The predicted octanol–water partition coefficient (Wildman–Crippen LogP) is -0.732. The van der Waals surface area contributed by atoms with Crippen molar-refractivity contribution in [3.63, 3.8) is 0 Å². The molecule has 2 aliphatic rings. The quantitative estimate of drug-likeness (QED) is 0.626. The Balaban J connectivity index is 2.00. The van der Waals surface area contributed by atoms with Crippen molar-refractivity contribution in [2.75, 3.05) is 19.6 Å². The van der Waals surface area contributed by atoms with Crippen molar-refractivity contribution in [1.82, 2.24) is 4.90 Å². The smallest absolute Gasteiger partial charge is 0.311 e. The van der Waals surface area contributed by atoms with E-state index in [-0.39, 0.29) is 12.5 Å². The van der Waals surface area contributed by atoms with Gasteiger partial charge in [-0.25, -0.2) is 0 Å². The molecule has 0 aromatic heterocycles. The van der Waals surface area contributed by atoms with Crippen LogP contribution in [0, 0.1) is 11.3 Å². The van der Waals surface area contributed by atoms with Crippen molar-refractivity contribution < 1.29 is 14.7 Å². The van der Waals surface area contributed by atoms with E-state index in [1.54, 1.807) is 0 Å². The highest BCUT2D eigenvalue weighted by atomic mass is 16.4. The van der Waals surface area contributed by atoms with E-state index in [2.05, 4.69) is 0 Å². The summed E-state index contributed by atoms with van der Waals surface area (Å²) in [7, 11) is 0. The van der Waals surface area contributed by atoms with Gasteiger partial charge in [0.25, 0.3) is 0 Å². The van der Waals surface area contributed by atoms with Crippen molar-refractivity contribution in [2.45, 2.75) is 12.8 Å². The Morgan fingerprint density at radius 1 is 1.57 bits per heavy atom. The molecule has 2 unspecified atom stereocenters. The molecule has 0 spiro atoms. The first kappa shape index (κ1) is 9.45. The van der Waals surface area contributed by atoms with Gasteiger partial charge in [-0.2, -0.15) is 0 Å². The van der Waals surface area contributed by atoms with Crippen LogP contribution in [0.5, 0.6) is 0 Å². The number of rotatable bonds is 3. The number of aliphatic carboxylic acids is 1. The molecule has 1 heterocycles. The lowest BCUT2D eigenvalue weighted by molar-refractivity contribution is -0.146. The van der Waals surface area contributed by atoms with E-state index >= 15 is 0 Å². The van der Waals surface area contributed by atoms with Gasteiger partial charge in [0.05, 0.1) is 12.0 Å². The normalized spacial score (nSPS) is 36.1. The molecule has 14 heavy (non-hydrogen) atoms. The van der Waals surface area contributed by atoms with Crippen LogP contribution >= 0.6 is 0 Å². The van der Waals surface area contributed by atoms with Crippen LogP contribution in [0.1, 0.15) is 12.8 Å². The molecule has 1 saturated heterocycles. The molecule has 78 valence electrons. The number of primary amides is 1. The van der Waals surface area contributed by atoms with Crippen LogP contribution in [-0.4, -0.2) is 41.5 Å². The van der Waals surface area contributed by atoms with Crippen molar-refractivity contribution >= 4 is 11.9 Å². The first-order valence-electron chi connectivity index (χ1n) is 4.79. The first-order valence-corrected chi connectivity index (χ1v) is 4.79. The SMILES string of the molecule is NC(=O)CN1CCC2CC2(C(=O)O)C1. The molecular weight excluding hydrogens is 184 g/mol. The van der Waals surface area contributed by atoms with Gasteiger partial charge < -0.3 is 10.8 Å². The number of carbonyl (C=O) groups is 2. The average molecular weight is 198 g/mol. The Kier molecular flexibility index (Phi) is 1.99. The Hall–Kier alpha value is -1.10. The van der Waals surface area contributed by atoms with Gasteiger partial charge in [-0.1, -0.05) is 0 Å². The number of carboxylic acid groups (broad SMARTS) is 1. The molecule has 0 aromatic rings. The van der Waals surface area contributed by atoms with E-state index in [4.69, 9.17) is 10.8 Å².